The van der Waals surface area contributed by atoms with Crippen LogP contribution in [0.5, 0.6) is 0 Å². The molecular weight excluding hydrogens is 398 g/mol. The minimum Gasteiger partial charge on any atom is -0.465 e. The van der Waals surface area contributed by atoms with E-state index >= 15 is 0 Å². The van der Waals surface area contributed by atoms with E-state index in [0.29, 0.717) is 34.2 Å². The summed E-state index contributed by atoms with van der Waals surface area (Å²) in [7, 11) is 1.32. The number of nitrogens with one attached hydrogen (secondary N) is 1. The first-order chi connectivity index (χ1) is 13.4. The second-order valence-electron chi connectivity index (χ2n) is 6.25. The van der Waals surface area contributed by atoms with Gasteiger partial charge in [-0.3, -0.25) is 4.79 Å². The molecule has 1 unspecified atom stereocenters. The Labute approximate surface area is 170 Å². The zero-order valence-electron chi connectivity index (χ0n) is 16.1. The molecule has 3 aromatic heterocycles. The number of esters is 1. The first-order valence-electron chi connectivity index (χ1n) is 8.69. The molecule has 0 saturated carbocycles. The summed E-state index contributed by atoms with van der Waals surface area (Å²) in [5.74, 6) is -0.573. The van der Waals surface area contributed by atoms with E-state index in [1.54, 1.807) is 36.8 Å². The lowest BCUT2D eigenvalue weighted by molar-refractivity contribution is 0.0599. The van der Waals surface area contributed by atoms with Crippen LogP contribution in [-0.4, -0.2) is 49.3 Å². The van der Waals surface area contributed by atoms with Crippen molar-refractivity contribution in [1.82, 2.24) is 25.2 Å². The number of methoxy groups -OCH3 is 1. The Kier molecular flexibility index (Phi) is 6.30. The van der Waals surface area contributed by atoms with Gasteiger partial charge in [-0.2, -0.15) is 0 Å². The number of ether oxygens (including phenoxy) is 1. The molecule has 0 saturated heterocycles. The molecule has 0 aliphatic rings. The summed E-state index contributed by atoms with van der Waals surface area (Å²) in [5.41, 5.74) is 2.03. The lowest BCUT2D eigenvalue weighted by Crippen LogP contribution is -2.17. The summed E-state index contributed by atoms with van der Waals surface area (Å²) in [4.78, 5) is 29.2. The molecule has 1 atom stereocenters. The fourth-order valence-electron chi connectivity index (χ4n) is 2.91. The van der Waals surface area contributed by atoms with Crippen molar-refractivity contribution in [2.45, 2.75) is 44.1 Å². The van der Waals surface area contributed by atoms with Crippen molar-refractivity contribution in [2.24, 2.45) is 0 Å². The van der Waals surface area contributed by atoms with Crippen LogP contribution in [0, 0.1) is 13.8 Å². The van der Waals surface area contributed by atoms with Gasteiger partial charge in [0.05, 0.1) is 30.2 Å². The number of ketones is 1. The van der Waals surface area contributed by atoms with Gasteiger partial charge in [0.25, 0.3) is 0 Å². The van der Waals surface area contributed by atoms with E-state index in [1.807, 2.05) is 11.4 Å². The van der Waals surface area contributed by atoms with Gasteiger partial charge in [0.15, 0.2) is 5.78 Å². The highest BCUT2D eigenvalue weighted by molar-refractivity contribution is 8.00. The number of Topliss-reactive ketones (excluding diaryl/α,β-unsaturated/α-hetero) is 1. The predicted molar refractivity (Wildman–Crippen MR) is 107 cm³/mol. The average Bonchev–Trinajstić information content (AvgIpc) is 3.40. The highest BCUT2D eigenvalue weighted by Gasteiger charge is 2.27. The largest absolute Gasteiger partial charge is 0.465 e. The second-order valence-corrected chi connectivity index (χ2v) is 8.60. The predicted octanol–water partition coefficient (Wildman–Crippen LogP) is 3.07. The zero-order chi connectivity index (χ0) is 20.3. The number of carbonyl (C=O) groups is 2. The summed E-state index contributed by atoms with van der Waals surface area (Å²) < 4.78 is 6.51. The topological polar surface area (TPSA) is 103 Å². The number of thiophene rings is 1. The summed E-state index contributed by atoms with van der Waals surface area (Å²) in [6, 6.07) is 4.09. The molecule has 0 amide bonds. The van der Waals surface area contributed by atoms with Gasteiger partial charge >= 0.3 is 5.97 Å². The zero-order valence-corrected chi connectivity index (χ0v) is 17.7. The van der Waals surface area contributed by atoms with Gasteiger partial charge in [-0.25, -0.2) is 9.48 Å². The summed E-state index contributed by atoms with van der Waals surface area (Å²) in [6.45, 7) is 5.94. The Morgan fingerprint density at radius 2 is 2.18 bits per heavy atom. The highest BCUT2D eigenvalue weighted by atomic mass is 32.2. The molecule has 3 rings (SSSR count). The molecule has 8 nitrogen and oxygen atoms in total. The molecule has 0 radical (unpaired) electrons. The second kappa shape index (κ2) is 8.70. The monoisotopic (exact) mass is 419 g/mol. The SMILES string of the molecule is COC(=O)c1c(C)[nH]c(C(=O)C(C)Sc2nnnn2CCc2cccs2)c1C. The Morgan fingerprint density at radius 3 is 2.86 bits per heavy atom. The number of rotatable bonds is 8. The van der Waals surface area contributed by atoms with Crippen LogP contribution in [0.25, 0.3) is 0 Å². The molecule has 3 heterocycles. The first-order valence-corrected chi connectivity index (χ1v) is 10.4. The van der Waals surface area contributed by atoms with Gasteiger partial charge in [-0.05, 0) is 48.2 Å². The molecule has 0 fully saturated rings. The van der Waals surface area contributed by atoms with E-state index < -0.39 is 11.2 Å². The Bertz CT molecular complexity index is 978. The fourth-order valence-corrected chi connectivity index (χ4v) is 4.48. The Balaban J connectivity index is 1.72. The third-order valence-corrected chi connectivity index (χ3v) is 6.38. The molecule has 3 aromatic rings. The van der Waals surface area contributed by atoms with Crippen molar-refractivity contribution in [2.75, 3.05) is 7.11 Å². The van der Waals surface area contributed by atoms with E-state index in [1.165, 1.54) is 23.7 Å². The maximum Gasteiger partial charge on any atom is 0.339 e. The molecule has 0 aliphatic carbocycles. The van der Waals surface area contributed by atoms with Gasteiger partial charge in [-0.15, -0.1) is 16.4 Å². The molecule has 0 bridgehead atoms. The van der Waals surface area contributed by atoms with Crippen molar-refractivity contribution >= 4 is 34.9 Å². The van der Waals surface area contributed by atoms with Crippen LogP contribution in [0.1, 0.15) is 43.9 Å². The van der Waals surface area contributed by atoms with Crippen LogP contribution in [-0.2, 0) is 17.7 Å². The van der Waals surface area contributed by atoms with Gasteiger partial charge < -0.3 is 9.72 Å². The van der Waals surface area contributed by atoms with Crippen LogP contribution in [0.3, 0.4) is 0 Å². The maximum atomic E-state index is 12.9. The highest BCUT2D eigenvalue weighted by Crippen LogP contribution is 2.27. The number of carbonyl (C=O) groups excluding carboxylic acids is 2. The van der Waals surface area contributed by atoms with Crippen LogP contribution in [0.2, 0.25) is 0 Å². The lowest BCUT2D eigenvalue weighted by atomic mass is 10.1. The smallest absolute Gasteiger partial charge is 0.339 e. The fraction of sp³-hybridized carbons (Fsp3) is 0.389. The van der Waals surface area contributed by atoms with E-state index in [2.05, 4.69) is 26.6 Å². The van der Waals surface area contributed by atoms with Gasteiger partial charge in [0, 0.05) is 17.0 Å². The quantitative estimate of drug-likeness (QED) is 0.340. The lowest BCUT2D eigenvalue weighted by Gasteiger charge is -2.10. The third-order valence-electron chi connectivity index (χ3n) is 4.37. The van der Waals surface area contributed by atoms with Crippen molar-refractivity contribution < 1.29 is 14.3 Å². The van der Waals surface area contributed by atoms with E-state index in [9.17, 15) is 9.59 Å². The van der Waals surface area contributed by atoms with Gasteiger partial charge in [0.1, 0.15) is 0 Å². The first kappa shape index (κ1) is 20.3. The summed E-state index contributed by atoms with van der Waals surface area (Å²) in [6.07, 6.45) is 0.829. The molecular formula is C18H21N5O3S2. The normalized spacial score (nSPS) is 12.1. The van der Waals surface area contributed by atoms with Crippen molar-refractivity contribution in [3.63, 3.8) is 0 Å². The van der Waals surface area contributed by atoms with Crippen LogP contribution < -0.4 is 0 Å². The van der Waals surface area contributed by atoms with E-state index in [-0.39, 0.29) is 5.78 Å². The number of aryl methyl sites for hydroxylation is 3. The van der Waals surface area contributed by atoms with Crippen molar-refractivity contribution in [3.05, 3.63) is 44.9 Å². The third kappa shape index (κ3) is 4.17. The Morgan fingerprint density at radius 1 is 1.39 bits per heavy atom. The molecule has 0 aromatic carbocycles. The van der Waals surface area contributed by atoms with E-state index in [0.717, 1.165) is 6.42 Å². The molecule has 28 heavy (non-hydrogen) atoms. The molecule has 148 valence electrons. The number of hydrogen-bond donors (Lipinski definition) is 1. The van der Waals surface area contributed by atoms with Crippen molar-refractivity contribution in [1.29, 1.82) is 0 Å². The molecule has 0 spiro atoms. The number of nitrogens with zero attached hydrogens (tertiary/aromatic N) is 4. The Hall–Kier alpha value is -2.46. The van der Waals surface area contributed by atoms with Gasteiger partial charge in [0.2, 0.25) is 5.16 Å². The number of hydrogen-bond acceptors (Lipinski definition) is 8. The van der Waals surface area contributed by atoms with Crippen LogP contribution in [0.15, 0.2) is 22.7 Å². The van der Waals surface area contributed by atoms with Gasteiger partial charge in [-0.1, -0.05) is 17.8 Å². The molecule has 1 N–H and O–H groups in total. The maximum absolute atomic E-state index is 12.9. The standard InChI is InChI=1S/C18H21N5O3S2/c1-10-14(17(25)26-4)11(2)19-15(10)16(24)12(3)28-18-20-21-22-23(18)8-7-13-6-5-9-27-13/h5-6,9,12,19H,7-8H2,1-4H3. The summed E-state index contributed by atoms with van der Waals surface area (Å²) in [5, 5.41) is 14.0. The van der Waals surface area contributed by atoms with Crippen LogP contribution >= 0.6 is 23.1 Å². The summed E-state index contributed by atoms with van der Waals surface area (Å²) >= 11 is 2.99. The molecule has 0 aliphatic heterocycles. The number of aromatic nitrogens is 5. The minimum atomic E-state index is -0.455. The average molecular weight is 420 g/mol. The van der Waals surface area contributed by atoms with Crippen molar-refractivity contribution in [3.8, 4) is 0 Å². The van der Waals surface area contributed by atoms with E-state index in [4.69, 9.17) is 4.74 Å². The molecule has 10 heteroatoms. The number of thioether (sulfide) groups is 1. The number of H-pyrrole nitrogens is 1. The van der Waals surface area contributed by atoms with Crippen LogP contribution in [0.4, 0.5) is 0 Å². The minimum absolute atomic E-state index is 0.117. The number of aromatic amines is 1. The number of tetrazole rings is 1.